The molecule has 0 amide bonds. The molecule has 0 aromatic heterocycles. The molecule has 21 heavy (non-hydrogen) atoms. The SMILES string of the molecule is CC(NS(=O)(=O)c1ccc(C#CCO)cc1Cl)C(C)(C)C. The Labute approximate surface area is 131 Å². The van der Waals surface area contributed by atoms with Gasteiger partial charge in [0.25, 0.3) is 0 Å². The van der Waals surface area contributed by atoms with Gasteiger partial charge in [0.1, 0.15) is 11.5 Å². The van der Waals surface area contributed by atoms with Gasteiger partial charge in [-0.05, 0) is 30.5 Å². The fourth-order valence-corrected chi connectivity index (χ4v) is 3.41. The second-order valence-corrected chi connectivity index (χ2v) is 7.90. The molecule has 0 aliphatic rings. The van der Waals surface area contributed by atoms with E-state index in [-0.39, 0.29) is 28.0 Å². The lowest BCUT2D eigenvalue weighted by Gasteiger charge is -2.28. The fourth-order valence-electron chi connectivity index (χ4n) is 1.41. The van der Waals surface area contributed by atoms with Crippen molar-refractivity contribution >= 4 is 21.6 Å². The fraction of sp³-hybridized carbons (Fsp3) is 0.467. The molecule has 1 aromatic carbocycles. The van der Waals surface area contributed by atoms with Gasteiger partial charge in [-0.2, -0.15) is 0 Å². The number of nitrogens with one attached hydrogen (secondary N) is 1. The normalized spacial score (nSPS) is 13.4. The summed E-state index contributed by atoms with van der Waals surface area (Å²) in [6.07, 6.45) is 0. The third-order valence-corrected chi connectivity index (χ3v) is 5.19. The van der Waals surface area contributed by atoms with E-state index in [1.54, 1.807) is 6.07 Å². The number of rotatable bonds is 3. The van der Waals surface area contributed by atoms with Gasteiger partial charge in [-0.3, -0.25) is 0 Å². The largest absolute Gasteiger partial charge is 0.384 e. The van der Waals surface area contributed by atoms with Crippen LogP contribution in [0.3, 0.4) is 0 Å². The lowest BCUT2D eigenvalue weighted by atomic mass is 9.89. The lowest BCUT2D eigenvalue weighted by Crippen LogP contribution is -2.41. The minimum Gasteiger partial charge on any atom is -0.384 e. The van der Waals surface area contributed by atoms with Crippen molar-refractivity contribution in [2.24, 2.45) is 5.41 Å². The van der Waals surface area contributed by atoms with Gasteiger partial charge in [0, 0.05) is 11.6 Å². The monoisotopic (exact) mass is 329 g/mol. The highest BCUT2D eigenvalue weighted by molar-refractivity contribution is 7.89. The average Bonchev–Trinajstić information content (AvgIpc) is 2.34. The molecule has 1 atom stereocenters. The van der Waals surface area contributed by atoms with Crippen LogP contribution in [-0.4, -0.2) is 26.2 Å². The van der Waals surface area contributed by atoms with Crippen molar-refractivity contribution in [3.05, 3.63) is 28.8 Å². The number of benzene rings is 1. The zero-order chi connectivity index (χ0) is 16.3. The van der Waals surface area contributed by atoms with E-state index in [1.807, 2.05) is 27.7 Å². The van der Waals surface area contributed by atoms with Crippen LogP contribution >= 0.6 is 11.6 Å². The van der Waals surface area contributed by atoms with Crippen molar-refractivity contribution in [2.45, 2.75) is 38.6 Å². The molecular weight excluding hydrogens is 310 g/mol. The number of hydrogen-bond acceptors (Lipinski definition) is 3. The van der Waals surface area contributed by atoms with Crippen molar-refractivity contribution in [3.63, 3.8) is 0 Å². The van der Waals surface area contributed by atoms with Gasteiger partial charge in [-0.1, -0.05) is 44.2 Å². The van der Waals surface area contributed by atoms with Crippen molar-refractivity contribution in [2.75, 3.05) is 6.61 Å². The molecule has 0 radical (unpaired) electrons. The topological polar surface area (TPSA) is 66.4 Å². The zero-order valence-electron chi connectivity index (χ0n) is 12.6. The molecule has 0 saturated carbocycles. The van der Waals surface area contributed by atoms with E-state index in [2.05, 4.69) is 16.6 Å². The van der Waals surface area contributed by atoms with Crippen LogP contribution in [0, 0.1) is 17.3 Å². The Kier molecular flexibility index (Phi) is 5.83. The number of aliphatic hydroxyl groups is 1. The first-order valence-corrected chi connectivity index (χ1v) is 8.35. The zero-order valence-corrected chi connectivity index (χ0v) is 14.1. The van der Waals surface area contributed by atoms with E-state index in [1.165, 1.54) is 12.1 Å². The quantitative estimate of drug-likeness (QED) is 0.837. The predicted molar refractivity (Wildman–Crippen MR) is 84.7 cm³/mol. The maximum atomic E-state index is 12.4. The highest BCUT2D eigenvalue weighted by Crippen LogP contribution is 2.25. The molecule has 1 rings (SSSR count). The number of halogens is 1. The molecule has 4 nitrogen and oxygen atoms in total. The van der Waals surface area contributed by atoms with Gasteiger partial charge in [0.2, 0.25) is 10.0 Å². The van der Waals surface area contributed by atoms with Crippen molar-refractivity contribution in [1.82, 2.24) is 4.72 Å². The second-order valence-electron chi connectivity index (χ2n) is 5.81. The maximum absolute atomic E-state index is 12.4. The molecule has 0 aliphatic carbocycles. The summed E-state index contributed by atoms with van der Waals surface area (Å²) in [7, 11) is -3.69. The van der Waals surface area contributed by atoms with E-state index in [9.17, 15) is 8.42 Å². The third kappa shape index (κ3) is 5.01. The first kappa shape index (κ1) is 18.0. The van der Waals surface area contributed by atoms with Gasteiger partial charge in [0.15, 0.2) is 0 Å². The van der Waals surface area contributed by atoms with Gasteiger partial charge < -0.3 is 5.11 Å². The van der Waals surface area contributed by atoms with Gasteiger partial charge >= 0.3 is 0 Å². The van der Waals surface area contributed by atoms with Crippen LogP contribution in [0.4, 0.5) is 0 Å². The smallest absolute Gasteiger partial charge is 0.242 e. The van der Waals surface area contributed by atoms with Crippen LogP contribution < -0.4 is 4.72 Å². The van der Waals surface area contributed by atoms with Gasteiger partial charge in [0.05, 0.1) is 5.02 Å². The van der Waals surface area contributed by atoms with Gasteiger partial charge in [-0.15, -0.1) is 0 Å². The minimum absolute atomic E-state index is 0.0230. The summed E-state index contributed by atoms with van der Waals surface area (Å²) < 4.78 is 27.4. The molecule has 0 saturated heterocycles. The third-order valence-electron chi connectivity index (χ3n) is 3.16. The van der Waals surface area contributed by atoms with E-state index in [0.717, 1.165) is 0 Å². The van der Waals surface area contributed by atoms with Crippen LogP contribution in [0.25, 0.3) is 0 Å². The van der Waals surface area contributed by atoms with Crippen LogP contribution in [-0.2, 0) is 10.0 Å². The molecule has 0 spiro atoms. The van der Waals surface area contributed by atoms with Crippen LogP contribution in [0.5, 0.6) is 0 Å². The van der Waals surface area contributed by atoms with E-state index in [4.69, 9.17) is 16.7 Å². The van der Waals surface area contributed by atoms with Crippen LogP contribution in [0.1, 0.15) is 33.3 Å². The summed E-state index contributed by atoms with van der Waals surface area (Å²) in [6.45, 7) is 7.41. The highest BCUT2D eigenvalue weighted by Gasteiger charge is 2.27. The summed E-state index contributed by atoms with van der Waals surface area (Å²) in [5, 5.41) is 8.75. The van der Waals surface area contributed by atoms with Crippen molar-refractivity contribution in [1.29, 1.82) is 0 Å². The summed E-state index contributed by atoms with van der Waals surface area (Å²) in [5.41, 5.74) is 0.350. The predicted octanol–water partition coefficient (Wildman–Crippen LogP) is 2.40. The Morgan fingerprint density at radius 1 is 1.38 bits per heavy atom. The minimum atomic E-state index is -3.69. The summed E-state index contributed by atoms with van der Waals surface area (Å²) in [4.78, 5) is 0.0230. The average molecular weight is 330 g/mol. The molecule has 1 aromatic rings. The first-order valence-electron chi connectivity index (χ1n) is 6.49. The van der Waals surface area contributed by atoms with Crippen molar-refractivity contribution < 1.29 is 13.5 Å². The molecule has 1 unspecified atom stereocenters. The van der Waals surface area contributed by atoms with Crippen LogP contribution in [0.2, 0.25) is 5.02 Å². The summed E-state index contributed by atoms with van der Waals surface area (Å²) in [5.74, 6) is 5.16. The molecule has 6 heteroatoms. The Hall–Kier alpha value is -1.06. The second kappa shape index (κ2) is 6.80. The molecule has 0 fully saturated rings. The number of aliphatic hydroxyl groups excluding tert-OH is 1. The first-order chi connectivity index (χ1) is 9.58. The molecule has 0 bridgehead atoms. The Bertz CT molecular complexity index is 666. The van der Waals surface area contributed by atoms with E-state index in [0.29, 0.717) is 5.56 Å². The maximum Gasteiger partial charge on any atom is 0.242 e. The number of sulfonamides is 1. The Balaban J connectivity index is 3.10. The highest BCUT2D eigenvalue weighted by atomic mass is 35.5. The van der Waals surface area contributed by atoms with Gasteiger partial charge in [-0.25, -0.2) is 13.1 Å². The number of hydrogen-bond donors (Lipinski definition) is 2. The van der Waals surface area contributed by atoms with Crippen LogP contribution in [0.15, 0.2) is 23.1 Å². The Morgan fingerprint density at radius 3 is 2.48 bits per heavy atom. The van der Waals surface area contributed by atoms with E-state index < -0.39 is 10.0 Å². The van der Waals surface area contributed by atoms with E-state index >= 15 is 0 Å². The molecule has 0 heterocycles. The Morgan fingerprint density at radius 2 is 2.00 bits per heavy atom. The summed E-state index contributed by atoms with van der Waals surface area (Å²) in [6, 6.07) is 4.21. The molecular formula is C15H20ClNO3S. The molecule has 0 aliphatic heterocycles. The van der Waals surface area contributed by atoms with Crippen molar-refractivity contribution in [3.8, 4) is 11.8 Å². The molecule has 2 N–H and O–H groups in total. The summed E-state index contributed by atoms with van der Waals surface area (Å²) >= 11 is 6.04. The lowest BCUT2D eigenvalue weighted by molar-refractivity contribution is 0.317. The standard InChI is InChI=1S/C15H20ClNO3S/c1-11(15(2,3)4)17-21(19,20)14-8-7-12(6-5-9-18)10-13(14)16/h7-8,10-11,17-18H,9H2,1-4H3. The molecule has 116 valence electrons.